The van der Waals surface area contributed by atoms with Gasteiger partial charge in [-0.15, -0.1) is 0 Å². The average Bonchev–Trinajstić information content (AvgIpc) is 2.21. The van der Waals surface area contributed by atoms with Crippen LogP contribution in [0.25, 0.3) is 0 Å². The van der Waals surface area contributed by atoms with Crippen molar-refractivity contribution < 1.29 is 14.3 Å². The monoisotopic (exact) mass is 212 g/mol. The van der Waals surface area contributed by atoms with Crippen molar-refractivity contribution in [1.82, 2.24) is 0 Å². The number of carbonyl (C=O) groups excluding carboxylic acids is 1. The number of carbonyl (C=O) groups is 1. The standard InChI is InChI=1S/C12H20O3/c1-9(2)7-10-8-12(14-3,15-4)6-5-11(10)13/h7,10H,5-6,8H2,1-4H3. The summed E-state index contributed by atoms with van der Waals surface area (Å²) in [7, 11) is 3.28. The molecule has 0 aromatic rings. The molecule has 1 aliphatic carbocycles. The highest BCUT2D eigenvalue weighted by molar-refractivity contribution is 5.83. The van der Waals surface area contributed by atoms with Gasteiger partial charge in [-0.2, -0.15) is 0 Å². The molecule has 0 aromatic carbocycles. The molecule has 1 unspecified atom stereocenters. The van der Waals surface area contributed by atoms with E-state index in [9.17, 15) is 4.79 Å². The van der Waals surface area contributed by atoms with Gasteiger partial charge in [-0.05, 0) is 13.8 Å². The third-order valence-electron chi connectivity index (χ3n) is 2.98. The number of rotatable bonds is 3. The summed E-state index contributed by atoms with van der Waals surface area (Å²) in [6, 6.07) is 0. The Balaban J connectivity index is 2.80. The first-order valence-electron chi connectivity index (χ1n) is 5.31. The molecular weight excluding hydrogens is 192 g/mol. The van der Waals surface area contributed by atoms with Crippen LogP contribution in [-0.2, 0) is 14.3 Å². The summed E-state index contributed by atoms with van der Waals surface area (Å²) < 4.78 is 10.8. The van der Waals surface area contributed by atoms with Crippen LogP contribution in [0.2, 0.25) is 0 Å². The predicted octanol–water partition coefficient (Wildman–Crippen LogP) is 2.31. The third kappa shape index (κ3) is 2.89. The maximum atomic E-state index is 11.7. The van der Waals surface area contributed by atoms with E-state index in [0.29, 0.717) is 25.0 Å². The molecule has 3 nitrogen and oxygen atoms in total. The molecule has 0 N–H and O–H groups in total. The van der Waals surface area contributed by atoms with E-state index in [1.54, 1.807) is 14.2 Å². The molecule has 0 aromatic heterocycles. The zero-order valence-electron chi connectivity index (χ0n) is 10.0. The Hall–Kier alpha value is -0.670. The van der Waals surface area contributed by atoms with Gasteiger partial charge in [0.1, 0.15) is 5.78 Å². The summed E-state index contributed by atoms with van der Waals surface area (Å²) >= 11 is 0. The Morgan fingerprint density at radius 2 is 2.00 bits per heavy atom. The fourth-order valence-electron chi connectivity index (χ4n) is 2.06. The van der Waals surface area contributed by atoms with Crippen LogP contribution in [0, 0.1) is 5.92 Å². The first-order valence-corrected chi connectivity index (χ1v) is 5.31. The summed E-state index contributed by atoms with van der Waals surface area (Å²) in [5.74, 6) is -0.325. The molecule has 0 radical (unpaired) electrons. The number of allylic oxidation sites excluding steroid dienone is 2. The second-order valence-corrected chi connectivity index (χ2v) is 4.34. The lowest BCUT2D eigenvalue weighted by Gasteiger charge is -2.37. The Labute approximate surface area is 91.4 Å². The molecule has 0 aliphatic heterocycles. The average molecular weight is 212 g/mol. The van der Waals surface area contributed by atoms with Gasteiger partial charge in [0.25, 0.3) is 0 Å². The molecule has 0 heterocycles. The fraction of sp³-hybridized carbons (Fsp3) is 0.750. The van der Waals surface area contributed by atoms with E-state index in [0.717, 1.165) is 5.57 Å². The lowest BCUT2D eigenvalue weighted by molar-refractivity contribution is -0.226. The normalized spacial score (nSPS) is 25.1. The Morgan fingerprint density at radius 3 is 2.47 bits per heavy atom. The summed E-state index contributed by atoms with van der Waals surface area (Å²) in [4.78, 5) is 11.7. The lowest BCUT2D eigenvalue weighted by atomic mass is 9.82. The summed E-state index contributed by atoms with van der Waals surface area (Å²) in [6.07, 6.45) is 3.83. The second-order valence-electron chi connectivity index (χ2n) is 4.34. The van der Waals surface area contributed by atoms with Crippen molar-refractivity contribution in [3.05, 3.63) is 11.6 Å². The van der Waals surface area contributed by atoms with E-state index in [1.807, 2.05) is 19.9 Å². The molecule has 1 fully saturated rings. The molecular formula is C12H20O3. The number of hydrogen-bond acceptors (Lipinski definition) is 3. The van der Waals surface area contributed by atoms with Crippen molar-refractivity contribution in [2.24, 2.45) is 5.92 Å². The van der Waals surface area contributed by atoms with Crippen LogP contribution in [0.3, 0.4) is 0 Å². The highest BCUT2D eigenvalue weighted by atomic mass is 16.7. The number of ether oxygens (including phenoxy) is 2. The maximum Gasteiger partial charge on any atom is 0.168 e. The number of methoxy groups -OCH3 is 2. The van der Waals surface area contributed by atoms with E-state index >= 15 is 0 Å². The Morgan fingerprint density at radius 1 is 1.40 bits per heavy atom. The highest BCUT2D eigenvalue weighted by Gasteiger charge is 2.39. The van der Waals surface area contributed by atoms with Crippen molar-refractivity contribution in [3.8, 4) is 0 Å². The lowest BCUT2D eigenvalue weighted by Crippen LogP contribution is -2.42. The molecule has 0 spiro atoms. The molecule has 1 rings (SSSR count). The molecule has 1 aliphatic rings. The minimum atomic E-state index is -0.565. The van der Waals surface area contributed by atoms with Gasteiger partial charge < -0.3 is 9.47 Å². The smallest absolute Gasteiger partial charge is 0.168 e. The Bertz CT molecular complexity index is 260. The summed E-state index contributed by atoms with van der Waals surface area (Å²) in [5.41, 5.74) is 1.16. The summed E-state index contributed by atoms with van der Waals surface area (Å²) in [5, 5.41) is 0. The topological polar surface area (TPSA) is 35.5 Å². The van der Waals surface area contributed by atoms with Crippen molar-refractivity contribution >= 4 is 5.78 Å². The number of hydrogen-bond donors (Lipinski definition) is 0. The predicted molar refractivity (Wildman–Crippen MR) is 58.5 cm³/mol. The Kier molecular flexibility index (Phi) is 4.05. The van der Waals surface area contributed by atoms with E-state index in [2.05, 4.69) is 0 Å². The molecule has 1 saturated carbocycles. The molecule has 0 amide bonds. The zero-order valence-corrected chi connectivity index (χ0v) is 10.0. The first-order chi connectivity index (χ1) is 7.03. The molecule has 86 valence electrons. The second kappa shape index (κ2) is 4.90. The van der Waals surface area contributed by atoms with Crippen LogP contribution in [0.5, 0.6) is 0 Å². The van der Waals surface area contributed by atoms with Gasteiger partial charge in [0.05, 0.1) is 0 Å². The van der Waals surface area contributed by atoms with E-state index in [4.69, 9.17) is 9.47 Å². The molecule has 0 bridgehead atoms. The van der Waals surface area contributed by atoms with Crippen molar-refractivity contribution in [1.29, 1.82) is 0 Å². The van der Waals surface area contributed by atoms with Gasteiger partial charge in [-0.1, -0.05) is 11.6 Å². The van der Waals surface area contributed by atoms with Crippen molar-refractivity contribution in [3.63, 3.8) is 0 Å². The highest BCUT2D eigenvalue weighted by Crippen LogP contribution is 2.34. The van der Waals surface area contributed by atoms with Crippen LogP contribution < -0.4 is 0 Å². The van der Waals surface area contributed by atoms with Crippen LogP contribution >= 0.6 is 0 Å². The quantitative estimate of drug-likeness (QED) is 0.532. The molecule has 1 atom stereocenters. The largest absolute Gasteiger partial charge is 0.353 e. The molecule has 3 heteroatoms. The van der Waals surface area contributed by atoms with Crippen LogP contribution in [0.1, 0.15) is 33.1 Å². The third-order valence-corrected chi connectivity index (χ3v) is 2.98. The number of Topliss-reactive ketones (excluding diaryl/α,β-unsaturated/α-hetero) is 1. The van der Waals surface area contributed by atoms with E-state index in [1.165, 1.54) is 0 Å². The van der Waals surface area contributed by atoms with Gasteiger partial charge in [0.15, 0.2) is 5.79 Å². The van der Waals surface area contributed by atoms with E-state index < -0.39 is 5.79 Å². The number of ketones is 1. The SMILES string of the molecule is COC1(OC)CCC(=O)C(C=C(C)C)C1. The fourth-order valence-corrected chi connectivity index (χ4v) is 2.06. The van der Waals surface area contributed by atoms with Crippen LogP contribution in [0.4, 0.5) is 0 Å². The van der Waals surface area contributed by atoms with Gasteiger partial charge in [0.2, 0.25) is 0 Å². The summed E-state index contributed by atoms with van der Waals surface area (Å²) in [6.45, 7) is 4.01. The minimum absolute atomic E-state index is 0.0522. The van der Waals surface area contributed by atoms with Crippen molar-refractivity contribution in [2.75, 3.05) is 14.2 Å². The van der Waals surface area contributed by atoms with E-state index in [-0.39, 0.29) is 5.92 Å². The maximum absolute atomic E-state index is 11.7. The van der Waals surface area contributed by atoms with Gasteiger partial charge in [-0.3, -0.25) is 4.79 Å². The molecule has 0 saturated heterocycles. The van der Waals surface area contributed by atoms with Crippen LogP contribution in [0.15, 0.2) is 11.6 Å². The first kappa shape index (κ1) is 12.4. The van der Waals surface area contributed by atoms with Crippen molar-refractivity contribution in [2.45, 2.75) is 38.9 Å². The minimum Gasteiger partial charge on any atom is -0.353 e. The zero-order chi connectivity index (χ0) is 11.5. The van der Waals surface area contributed by atoms with Gasteiger partial charge >= 0.3 is 0 Å². The van der Waals surface area contributed by atoms with Gasteiger partial charge in [-0.25, -0.2) is 0 Å². The van der Waals surface area contributed by atoms with Crippen LogP contribution in [-0.4, -0.2) is 25.8 Å². The molecule has 15 heavy (non-hydrogen) atoms. The van der Waals surface area contributed by atoms with Gasteiger partial charge in [0, 0.05) is 39.4 Å².